The van der Waals surface area contributed by atoms with Crippen molar-refractivity contribution in [1.82, 2.24) is 0 Å². The molecule has 0 saturated carbocycles. The van der Waals surface area contributed by atoms with Gasteiger partial charge in [0.2, 0.25) is 0 Å². The molecule has 0 aliphatic rings. The molecule has 2 aromatic carbocycles. The van der Waals surface area contributed by atoms with Crippen molar-refractivity contribution < 1.29 is 19.1 Å². The van der Waals surface area contributed by atoms with Crippen LogP contribution in [0.4, 0.5) is 5.69 Å². The maximum absolute atomic E-state index is 11.7. The number of hydrogen-bond acceptors (Lipinski definition) is 5. The first-order chi connectivity index (χ1) is 11.6. The molecule has 0 bridgehead atoms. The van der Waals surface area contributed by atoms with Crippen LogP contribution in [0.3, 0.4) is 0 Å². The second-order valence-corrected chi connectivity index (χ2v) is 5.56. The van der Waals surface area contributed by atoms with Crippen LogP contribution in [-0.2, 0) is 14.3 Å². The van der Waals surface area contributed by atoms with Crippen LogP contribution in [0.5, 0.6) is 5.75 Å². The number of esters is 1. The Kier molecular flexibility index (Phi) is 6.34. The molecule has 2 aromatic rings. The SMILES string of the molecule is N#Cc1cccc(NC(=O)COC(=O)COc2ccc(Br)cc2)c1. The molecular formula is C17H13BrN2O4. The summed E-state index contributed by atoms with van der Waals surface area (Å²) in [6, 6.07) is 15.4. The number of anilines is 1. The maximum atomic E-state index is 11.7. The lowest BCUT2D eigenvalue weighted by atomic mass is 10.2. The third-order valence-corrected chi connectivity index (χ3v) is 3.34. The Labute approximate surface area is 147 Å². The van der Waals surface area contributed by atoms with Crippen LogP contribution in [0.25, 0.3) is 0 Å². The number of rotatable bonds is 6. The average molecular weight is 389 g/mol. The summed E-state index contributed by atoms with van der Waals surface area (Å²) in [4.78, 5) is 23.3. The highest BCUT2D eigenvalue weighted by atomic mass is 79.9. The van der Waals surface area contributed by atoms with Gasteiger partial charge in [-0.1, -0.05) is 22.0 Å². The summed E-state index contributed by atoms with van der Waals surface area (Å²) in [5, 5.41) is 11.3. The zero-order chi connectivity index (χ0) is 17.4. The average Bonchev–Trinajstić information content (AvgIpc) is 2.59. The smallest absolute Gasteiger partial charge is 0.344 e. The van der Waals surface area contributed by atoms with Crippen molar-refractivity contribution in [1.29, 1.82) is 5.26 Å². The number of carbonyl (C=O) groups is 2. The van der Waals surface area contributed by atoms with E-state index in [0.717, 1.165) is 4.47 Å². The van der Waals surface area contributed by atoms with Crippen LogP contribution in [0.15, 0.2) is 53.0 Å². The fourth-order valence-corrected chi connectivity index (χ4v) is 1.99. The van der Waals surface area contributed by atoms with Crippen LogP contribution in [0.2, 0.25) is 0 Å². The second-order valence-electron chi connectivity index (χ2n) is 4.64. The Morgan fingerprint density at radius 2 is 1.88 bits per heavy atom. The molecule has 2 rings (SSSR count). The molecular weight excluding hydrogens is 376 g/mol. The lowest BCUT2D eigenvalue weighted by Crippen LogP contribution is -2.23. The Hall–Kier alpha value is -2.85. The van der Waals surface area contributed by atoms with Crippen molar-refractivity contribution >= 4 is 33.5 Å². The van der Waals surface area contributed by atoms with Crippen LogP contribution in [-0.4, -0.2) is 25.1 Å². The summed E-state index contributed by atoms with van der Waals surface area (Å²) in [7, 11) is 0. The number of nitrogens with one attached hydrogen (secondary N) is 1. The largest absolute Gasteiger partial charge is 0.482 e. The van der Waals surface area contributed by atoms with Gasteiger partial charge in [0.1, 0.15) is 5.75 Å². The predicted molar refractivity (Wildman–Crippen MR) is 90.4 cm³/mol. The summed E-state index contributed by atoms with van der Waals surface area (Å²) >= 11 is 3.29. The zero-order valence-electron chi connectivity index (χ0n) is 12.5. The lowest BCUT2D eigenvalue weighted by molar-refractivity contribution is -0.149. The van der Waals surface area contributed by atoms with E-state index >= 15 is 0 Å². The third-order valence-electron chi connectivity index (χ3n) is 2.81. The van der Waals surface area contributed by atoms with E-state index in [2.05, 4.69) is 21.2 Å². The minimum atomic E-state index is -0.654. The molecule has 0 aliphatic heterocycles. The third kappa shape index (κ3) is 5.74. The van der Waals surface area contributed by atoms with Crippen molar-refractivity contribution in [3.8, 4) is 11.8 Å². The van der Waals surface area contributed by atoms with Crippen molar-refractivity contribution in [2.75, 3.05) is 18.5 Å². The van der Waals surface area contributed by atoms with Gasteiger partial charge in [-0.15, -0.1) is 0 Å². The molecule has 0 aromatic heterocycles. The van der Waals surface area contributed by atoms with Gasteiger partial charge in [-0.3, -0.25) is 4.79 Å². The number of nitriles is 1. The molecule has 7 heteroatoms. The van der Waals surface area contributed by atoms with Gasteiger partial charge in [0.25, 0.3) is 5.91 Å². The van der Waals surface area contributed by atoms with E-state index in [1.54, 1.807) is 42.5 Å². The summed E-state index contributed by atoms with van der Waals surface area (Å²) < 4.78 is 11.0. The van der Waals surface area contributed by atoms with Gasteiger partial charge in [-0.05, 0) is 42.5 Å². The number of benzene rings is 2. The molecule has 0 atom stereocenters. The van der Waals surface area contributed by atoms with Gasteiger partial charge in [0.15, 0.2) is 13.2 Å². The molecule has 0 radical (unpaired) electrons. The molecule has 0 fully saturated rings. The van der Waals surface area contributed by atoms with E-state index in [1.165, 1.54) is 6.07 Å². The zero-order valence-corrected chi connectivity index (χ0v) is 14.1. The Morgan fingerprint density at radius 3 is 2.58 bits per heavy atom. The van der Waals surface area contributed by atoms with Crippen molar-refractivity contribution in [3.63, 3.8) is 0 Å². The highest BCUT2D eigenvalue weighted by Gasteiger charge is 2.09. The number of halogens is 1. The number of hydrogen-bond donors (Lipinski definition) is 1. The first-order valence-corrected chi connectivity index (χ1v) is 7.70. The Bertz CT molecular complexity index is 769. The standard InChI is InChI=1S/C17H13BrN2O4/c18-13-4-6-15(7-5-13)23-11-17(22)24-10-16(21)20-14-3-1-2-12(8-14)9-19/h1-8H,10-11H2,(H,20,21). The van der Waals surface area contributed by atoms with Crippen LogP contribution < -0.4 is 10.1 Å². The number of nitrogens with zero attached hydrogens (tertiary/aromatic N) is 1. The Balaban J connectivity index is 1.73. The molecule has 0 aliphatic carbocycles. The minimum absolute atomic E-state index is 0.293. The Morgan fingerprint density at radius 1 is 1.12 bits per heavy atom. The number of ether oxygens (including phenoxy) is 2. The van der Waals surface area contributed by atoms with Crippen LogP contribution in [0.1, 0.15) is 5.56 Å². The van der Waals surface area contributed by atoms with E-state index in [-0.39, 0.29) is 6.61 Å². The maximum Gasteiger partial charge on any atom is 0.344 e. The van der Waals surface area contributed by atoms with E-state index in [1.807, 2.05) is 6.07 Å². The van der Waals surface area contributed by atoms with E-state index < -0.39 is 18.5 Å². The molecule has 0 unspecified atom stereocenters. The normalized spacial score (nSPS) is 9.67. The second kappa shape index (κ2) is 8.70. The quantitative estimate of drug-likeness (QED) is 0.768. The van der Waals surface area contributed by atoms with Gasteiger partial charge in [0.05, 0.1) is 11.6 Å². The molecule has 1 N–H and O–H groups in total. The first-order valence-electron chi connectivity index (χ1n) is 6.91. The molecule has 0 spiro atoms. The number of amides is 1. The van der Waals surface area contributed by atoms with Gasteiger partial charge < -0.3 is 14.8 Å². The fourth-order valence-electron chi connectivity index (χ4n) is 1.72. The molecule has 24 heavy (non-hydrogen) atoms. The number of carbonyl (C=O) groups excluding carboxylic acids is 2. The molecule has 0 heterocycles. The predicted octanol–water partition coefficient (Wildman–Crippen LogP) is 2.88. The highest BCUT2D eigenvalue weighted by Crippen LogP contribution is 2.16. The van der Waals surface area contributed by atoms with Gasteiger partial charge in [0, 0.05) is 10.2 Å². The van der Waals surface area contributed by atoms with Gasteiger partial charge in [-0.2, -0.15) is 5.26 Å². The topological polar surface area (TPSA) is 88.4 Å². The van der Waals surface area contributed by atoms with Crippen LogP contribution in [0, 0.1) is 11.3 Å². The highest BCUT2D eigenvalue weighted by molar-refractivity contribution is 9.10. The summed E-state index contributed by atoms with van der Waals surface area (Å²) in [5.41, 5.74) is 0.883. The molecule has 122 valence electrons. The van der Waals surface area contributed by atoms with Gasteiger partial charge >= 0.3 is 5.97 Å². The van der Waals surface area contributed by atoms with E-state index in [4.69, 9.17) is 14.7 Å². The van der Waals surface area contributed by atoms with Crippen molar-refractivity contribution in [2.24, 2.45) is 0 Å². The van der Waals surface area contributed by atoms with Crippen molar-refractivity contribution in [3.05, 3.63) is 58.6 Å². The molecule has 0 saturated heterocycles. The summed E-state index contributed by atoms with van der Waals surface area (Å²) in [5.74, 6) is -0.631. The summed E-state index contributed by atoms with van der Waals surface area (Å²) in [6.07, 6.45) is 0. The fraction of sp³-hybridized carbons (Fsp3) is 0.118. The minimum Gasteiger partial charge on any atom is -0.482 e. The van der Waals surface area contributed by atoms with Crippen LogP contribution >= 0.6 is 15.9 Å². The van der Waals surface area contributed by atoms with Gasteiger partial charge in [-0.25, -0.2) is 4.79 Å². The van der Waals surface area contributed by atoms with E-state index in [9.17, 15) is 9.59 Å². The molecule has 1 amide bonds. The monoisotopic (exact) mass is 388 g/mol. The van der Waals surface area contributed by atoms with E-state index in [0.29, 0.717) is 17.0 Å². The summed E-state index contributed by atoms with van der Waals surface area (Å²) in [6.45, 7) is -0.724. The molecule has 6 nitrogen and oxygen atoms in total. The first kappa shape index (κ1) is 17.5. The van der Waals surface area contributed by atoms with Crippen molar-refractivity contribution in [2.45, 2.75) is 0 Å². The lowest BCUT2D eigenvalue weighted by Gasteiger charge is -2.08.